The Hall–Kier alpha value is -1.87. The highest BCUT2D eigenvalue weighted by Crippen LogP contribution is 2.18. The number of nitro groups is 1. The molecule has 80 valence electrons. The van der Waals surface area contributed by atoms with Crippen molar-refractivity contribution in [1.29, 1.82) is 0 Å². The van der Waals surface area contributed by atoms with E-state index in [9.17, 15) is 10.1 Å². The van der Waals surface area contributed by atoms with E-state index in [2.05, 4.69) is 0 Å². The molecule has 0 radical (unpaired) electrons. The lowest BCUT2D eigenvalue weighted by atomic mass is 10.1. The first-order valence-corrected chi connectivity index (χ1v) is 5.05. The quantitative estimate of drug-likeness (QED) is 0.451. The Morgan fingerprint density at radius 3 is 2.56 bits per heavy atom. The summed E-state index contributed by atoms with van der Waals surface area (Å²) < 4.78 is 0. The molecule has 2 rings (SSSR count). The first kappa shape index (κ1) is 10.6. The number of nitrogens with zero attached hydrogens (tertiary/aromatic N) is 1. The summed E-state index contributed by atoms with van der Waals surface area (Å²) in [5.41, 5.74) is 0.723. The molecule has 0 fully saturated rings. The monoisotopic (exact) mass is 233 g/mol. The zero-order valence-electron chi connectivity index (χ0n) is 8.26. The van der Waals surface area contributed by atoms with E-state index >= 15 is 0 Å². The molecule has 0 aromatic heterocycles. The van der Waals surface area contributed by atoms with Crippen molar-refractivity contribution < 1.29 is 4.92 Å². The van der Waals surface area contributed by atoms with Crippen LogP contribution in [0.4, 0.5) is 0 Å². The molecule has 2 aromatic carbocycles. The van der Waals surface area contributed by atoms with Gasteiger partial charge in [0.2, 0.25) is 0 Å². The van der Waals surface area contributed by atoms with Crippen molar-refractivity contribution in [2.24, 2.45) is 0 Å². The van der Waals surface area contributed by atoms with Crippen molar-refractivity contribution in [3.8, 4) is 0 Å². The molecule has 0 aliphatic heterocycles. The number of hydrogen-bond acceptors (Lipinski definition) is 2. The fourth-order valence-corrected chi connectivity index (χ4v) is 1.61. The second kappa shape index (κ2) is 4.33. The maximum atomic E-state index is 10.4. The third-order valence-electron chi connectivity index (χ3n) is 2.23. The van der Waals surface area contributed by atoms with Gasteiger partial charge in [-0.25, -0.2) is 0 Å². The van der Waals surface area contributed by atoms with Crippen LogP contribution >= 0.6 is 11.6 Å². The van der Waals surface area contributed by atoms with E-state index in [1.165, 1.54) is 6.08 Å². The highest BCUT2D eigenvalue weighted by Gasteiger charge is 2.05. The van der Waals surface area contributed by atoms with Crippen LogP contribution < -0.4 is 0 Å². The van der Waals surface area contributed by atoms with Gasteiger partial charge in [-0.3, -0.25) is 10.1 Å². The Bertz CT molecular complexity index is 578. The van der Waals surface area contributed by atoms with Crippen molar-refractivity contribution in [3.63, 3.8) is 0 Å². The van der Waals surface area contributed by atoms with Crippen LogP contribution in [-0.2, 0) is 0 Å². The van der Waals surface area contributed by atoms with Gasteiger partial charge in [0.25, 0.3) is 0 Å². The minimum Gasteiger partial charge on any atom is -0.257 e. The molecule has 0 saturated heterocycles. The van der Waals surface area contributed by atoms with Crippen molar-refractivity contribution in [3.05, 3.63) is 63.3 Å². The second-order valence-electron chi connectivity index (χ2n) is 3.33. The predicted molar refractivity (Wildman–Crippen MR) is 64.8 cm³/mol. The van der Waals surface area contributed by atoms with Crippen LogP contribution in [0.5, 0.6) is 0 Å². The van der Waals surface area contributed by atoms with Crippen LogP contribution in [0, 0.1) is 10.1 Å². The minimum atomic E-state index is -0.614. The van der Waals surface area contributed by atoms with Crippen LogP contribution in [0.1, 0.15) is 5.56 Å². The maximum absolute atomic E-state index is 10.4. The fourth-order valence-electron chi connectivity index (χ4n) is 1.49. The number of rotatable bonds is 2. The summed E-state index contributed by atoms with van der Waals surface area (Å²) in [5, 5.41) is 12.1. The zero-order valence-corrected chi connectivity index (χ0v) is 9.02. The molecule has 0 unspecified atom stereocenters. The van der Waals surface area contributed by atoms with E-state index in [0.717, 1.165) is 16.3 Å². The fraction of sp³-hybridized carbons (Fsp3) is 0. The Labute approximate surface area is 97.1 Å². The van der Waals surface area contributed by atoms with Crippen LogP contribution in [-0.4, -0.2) is 4.92 Å². The molecule has 0 aliphatic carbocycles. The van der Waals surface area contributed by atoms with Gasteiger partial charge >= 0.3 is 5.16 Å². The van der Waals surface area contributed by atoms with Crippen molar-refractivity contribution in [2.75, 3.05) is 0 Å². The topological polar surface area (TPSA) is 43.1 Å². The van der Waals surface area contributed by atoms with E-state index in [0.29, 0.717) is 0 Å². The molecule has 3 nitrogen and oxygen atoms in total. The summed E-state index contributed by atoms with van der Waals surface area (Å²) in [5.74, 6) is 0. The Morgan fingerprint density at radius 2 is 1.88 bits per heavy atom. The molecular weight excluding hydrogens is 226 g/mol. The molecule has 0 saturated carbocycles. The normalized spacial score (nSPS) is 11.7. The van der Waals surface area contributed by atoms with E-state index in [4.69, 9.17) is 11.6 Å². The van der Waals surface area contributed by atoms with Crippen LogP contribution in [0.15, 0.2) is 47.6 Å². The van der Waals surface area contributed by atoms with Crippen LogP contribution in [0.25, 0.3) is 16.8 Å². The zero-order chi connectivity index (χ0) is 11.5. The first-order chi connectivity index (χ1) is 7.66. The van der Waals surface area contributed by atoms with Gasteiger partial charge < -0.3 is 0 Å². The predicted octanol–water partition coefficient (Wildman–Crippen LogP) is 3.65. The molecule has 0 amide bonds. The molecule has 16 heavy (non-hydrogen) atoms. The summed E-state index contributed by atoms with van der Waals surface area (Å²) >= 11 is 5.46. The SMILES string of the molecule is O=[N+]([O-])/C(Cl)=C/c1ccc2ccccc2c1. The summed E-state index contributed by atoms with van der Waals surface area (Å²) in [6, 6.07) is 13.4. The average Bonchev–Trinajstić information content (AvgIpc) is 2.28. The Kier molecular flexibility index (Phi) is 2.88. The highest BCUT2D eigenvalue weighted by atomic mass is 35.5. The Balaban J connectivity index is 2.47. The largest absolute Gasteiger partial charge is 0.337 e. The molecule has 0 heterocycles. The van der Waals surface area contributed by atoms with Gasteiger partial charge in [-0.2, -0.15) is 0 Å². The molecule has 2 aromatic rings. The van der Waals surface area contributed by atoms with Gasteiger partial charge in [0, 0.05) is 6.08 Å². The molecule has 0 spiro atoms. The second-order valence-corrected chi connectivity index (χ2v) is 3.72. The van der Waals surface area contributed by atoms with Gasteiger partial charge in [-0.1, -0.05) is 36.4 Å². The van der Waals surface area contributed by atoms with Gasteiger partial charge in [-0.15, -0.1) is 0 Å². The average molecular weight is 234 g/mol. The summed E-state index contributed by atoms with van der Waals surface area (Å²) in [6.07, 6.45) is 1.34. The highest BCUT2D eigenvalue weighted by molar-refractivity contribution is 6.29. The van der Waals surface area contributed by atoms with Crippen LogP contribution in [0.3, 0.4) is 0 Å². The number of fused-ring (bicyclic) bond motifs is 1. The minimum absolute atomic E-state index is 0.379. The van der Waals surface area contributed by atoms with Gasteiger partial charge in [0.15, 0.2) is 0 Å². The van der Waals surface area contributed by atoms with Crippen LogP contribution in [0.2, 0.25) is 0 Å². The van der Waals surface area contributed by atoms with Crippen molar-refractivity contribution in [2.45, 2.75) is 0 Å². The molecular formula is C12H8ClNO2. The third-order valence-corrected chi connectivity index (χ3v) is 2.48. The molecule has 0 aliphatic rings. The summed E-state index contributed by atoms with van der Waals surface area (Å²) in [4.78, 5) is 9.76. The van der Waals surface area contributed by atoms with E-state index in [-0.39, 0.29) is 5.16 Å². The standard InChI is InChI=1S/C12H8ClNO2/c13-12(14(15)16)8-9-5-6-10-3-1-2-4-11(10)7-9/h1-8H/b12-8+. The molecule has 0 atom stereocenters. The van der Waals surface area contributed by atoms with Gasteiger partial charge in [-0.05, 0) is 34.0 Å². The lowest BCUT2D eigenvalue weighted by Gasteiger charge is -1.98. The lowest BCUT2D eigenvalue weighted by Crippen LogP contribution is -1.90. The number of hydrogen-bond donors (Lipinski definition) is 0. The Morgan fingerprint density at radius 1 is 1.19 bits per heavy atom. The van der Waals surface area contributed by atoms with E-state index in [1.807, 2.05) is 36.4 Å². The molecule has 0 bridgehead atoms. The van der Waals surface area contributed by atoms with Gasteiger partial charge in [0.05, 0.1) is 4.92 Å². The van der Waals surface area contributed by atoms with Crippen molar-refractivity contribution >= 4 is 28.4 Å². The van der Waals surface area contributed by atoms with E-state index in [1.54, 1.807) is 6.07 Å². The summed E-state index contributed by atoms with van der Waals surface area (Å²) in [6.45, 7) is 0. The molecule has 0 N–H and O–H groups in total. The van der Waals surface area contributed by atoms with Crippen molar-refractivity contribution in [1.82, 2.24) is 0 Å². The maximum Gasteiger partial charge on any atom is 0.337 e. The summed E-state index contributed by atoms with van der Waals surface area (Å²) in [7, 11) is 0. The smallest absolute Gasteiger partial charge is 0.257 e. The lowest BCUT2D eigenvalue weighted by molar-refractivity contribution is -0.410. The first-order valence-electron chi connectivity index (χ1n) is 4.67. The third kappa shape index (κ3) is 2.20. The molecule has 4 heteroatoms. The van der Waals surface area contributed by atoms with E-state index < -0.39 is 4.92 Å². The number of halogens is 1. The number of benzene rings is 2. The van der Waals surface area contributed by atoms with Gasteiger partial charge in [0.1, 0.15) is 0 Å².